The van der Waals surface area contributed by atoms with Crippen LogP contribution in [0.25, 0.3) is 22.6 Å². The van der Waals surface area contributed by atoms with Crippen molar-refractivity contribution in [3.63, 3.8) is 0 Å². The van der Waals surface area contributed by atoms with Gasteiger partial charge in [0.15, 0.2) is 11.5 Å². The molecule has 0 saturated heterocycles. The molecule has 0 N–H and O–H groups in total. The number of imidazole rings is 1. The van der Waals surface area contributed by atoms with E-state index in [2.05, 4.69) is 19.9 Å². The van der Waals surface area contributed by atoms with E-state index < -0.39 is 0 Å². The lowest BCUT2D eigenvalue weighted by atomic mass is 10.2. The fraction of sp³-hybridized carbons (Fsp3) is 0.167. The van der Waals surface area contributed by atoms with E-state index in [1.54, 1.807) is 31.9 Å². The summed E-state index contributed by atoms with van der Waals surface area (Å²) in [5.41, 5.74) is 2.44. The number of nitrogens with zero attached hydrogens (tertiary/aromatic N) is 5. The highest BCUT2D eigenvalue weighted by molar-refractivity contribution is 5.72. The zero-order valence-electron chi connectivity index (χ0n) is 10.0. The van der Waals surface area contributed by atoms with Gasteiger partial charge in [0.25, 0.3) is 0 Å². The molecule has 3 heterocycles. The van der Waals surface area contributed by atoms with Gasteiger partial charge in [-0.05, 0) is 6.07 Å². The Morgan fingerprint density at radius 2 is 2.11 bits per heavy atom. The fourth-order valence-corrected chi connectivity index (χ4v) is 1.71. The van der Waals surface area contributed by atoms with Gasteiger partial charge in [-0.1, -0.05) is 0 Å². The van der Waals surface area contributed by atoms with Crippen molar-refractivity contribution in [3.8, 4) is 17.3 Å². The van der Waals surface area contributed by atoms with E-state index in [-0.39, 0.29) is 0 Å². The Bertz CT molecular complexity index is 707. The third-order valence-corrected chi connectivity index (χ3v) is 2.69. The minimum atomic E-state index is 0.539. The molecule has 0 aliphatic rings. The SMILES string of the molecule is COc1cc(-c2ncc3c(ncn3C)n2)ccn1. The Balaban J connectivity index is 2.13. The normalized spacial score (nSPS) is 10.8. The fourth-order valence-electron chi connectivity index (χ4n) is 1.71. The quantitative estimate of drug-likeness (QED) is 0.679. The molecular weight excluding hydrogens is 230 g/mol. The first kappa shape index (κ1) is 10.6. The molecule has 0 aliphatic carbocycles. The third kappa shape index (κ3) is 1.67. The molecule has 0 amide bonds. The van der Waals surface area contributed by atoms with Crippen molar-refractivity contribution in [1.82, 2.24) is 24.5 Å². The van der Waals surface area contributed by atoms with Crippen LogP contribution in [0.15, 0.2) is 30.9 Å². The van der Waals surface area contributed by atoms with Gasteiger partial charge in [-0.15, -0.1) is 0 Å². The summed E-state index contributed by atoms with van der Waals surface area (Å²) in [7, 11) is 3.49. The van der Waals surface area contributed by atoms with Crippen molar-refractivity contribution in [2.45, 2.75) is 0 Å². The topological polar surface area (TPSA) is 65.7 Å². The minimum absolute atomic E-state index is 0.539. The summed E-state index contributed by atoms with van der Waals surface area (Å²) in [6.07, 6.45) is 5.15. The highest BCUT2D eigenvalue weighted by Crippen LogP contribution is 2.19. The highest BCUT2D eigenvalue weighted by Gasteiger charge is 2.07. The van der Waals surface area contributed by atoms with E-state index in [1.165, 1.54) is 0 Å². The molecule has 0 aliphatic heterocycles. The van der Waals surface area contributed by atoms with Crippen LogP contribution in [0.4, 0.5) is 0 Å². The van der Waals surface area contributed by atoms with Gasteiger partial charge in [0, 0.05) is 24.9 Å². The maximum absolute atomic E-state index is 5.08. The summed E-state index contributed by atoms with van der Waals surface area (Å²) in [5.74, 6) is 1.15. The van der Waals surface area contributed by atoms with Crippen LogP contribution in [-0.4, -0.2) is 31.6 Å². The monoisotopic (exact) mass is 241 g/mol. The number of fused-ring (bicyclic) bond motifs is 1. The number of hydrogen-bond acceptors (Lipinski definition) is 5. The molecule has 0 spiro atoms. The van der Waals surface area contributed by atoms with Crippen LogP contribution in [0.3, 0.4) is 0 Å². The Kier molecular flexibility index (Phi) is 2.40. The number of aryl methyl sites for hydroxylation is 1. The Morgan fingerprint density at radius 3 is 2.94 bits per heavy atom. The standard InChI is InChI=1S/C12H11N5O/c1-17-7-15-12-9(17)6-14-11(16-12)8-3-4-13-10(5-8)18-2/h3-7H,1-2H3. The molecule has 0 bridgehead atoms. The van der Waals surface area contributed by atoms with E-state index in [9.17, 15) is 0 Å². The lowest BCUT2D eigenvalue weighted by Crippen LogP contribution is -1.93. The van der Waals surface area contributed by atoms with Gasteiger partial charge in [-0.2, -0.15) is 0 Å². The molecule has 0 unspecified atom stereocenters. The smallest absolute Gasteiger partial charge is 0.213 e. The van der Waals surface area contributed by atoms with E-state index in [1.807, 2.05) is 17.7 Å². The van der Waals surface area contributed by atoms with Crippen molar-refractivity contribution in [2.24, 2.45) is 7.05 Å². The lowest BCUT2D eigenvalue weighted by Gasteiger charge is -2.02. The average molecular weight is 241 g/mol. The second kappa shape index (κ2) is 4.06. The first-order valence-electron chi connectivity index (χ1n) is 5.42. The molecule has 0 fully saturated rings. The molecule has 18 heavy (non-hydrogen) atoms. The summed E-state index contributed by atoms with van der Waals surface area (Å²) in [6.45, 7) is 0. The molecule has 6 heteroatoms. The maximum Gasteiger partial charge on any atom is 0.213 e. The molecule has 0 saturated carbocycles. The number of aromatic nitrogens is 5. The first-order valence-corrected chi connectivity index (χ1v) is 5.42. The molecule has 0 radical (unpaired) electrons. The van der Waals surface area contributed by atoms with Crippen LogP contribution in [0.5, 0.6) is 5.88 Å². The van der Waals surface area contributed by atoms with Crippen LogP contribution in [-0.2, 0) is 7.05 Å². The van der Waals surface area contributed by atoms with Gasteiger partial charge in [-0.25, -0.2) is 19.9 Å². The summed E-state index contributed by atoms with van der Waals surface area (Å²) in [6, 6.07) is 3.64. The van der Waals surface area contributed by atoms with E-state index >= 15 is 0 Å². The Morgan fingerprint density at radius 1 is 1.22 bits per heavy atom. The average Bonchev–Trinajstić information content (AvgIpc) is 2.80. The van der Waals surface area contributed by atoms with Gasteiger partial charge in [0.1, 0.15) is 5.52 Å². The van der Waals surface area contributed by atoms with E-state index in [0.29, 0.717) is 17.4 Å². The highest BCUT2D eigenvalue weighted by atomic mass is 16.5. The maximum atomic E-state index is 5.08. The van der Waals surface area contributed by atoms with Gasteiger partial charge in [0.05, 0.1) is 19.6 Å². The Labute approximate surface area is 103 Å². The number of hydrogen-bond donors (Lipinski definition) is 0. The first-order chi connectivity index (χ1) is 8.78. The Hall–Kier alpha value is -2.50. The van der Waals surface area contributed by atoms with Crippen LogP contribution in [0.2, 0.25) is 0 Å². The second-order valence-corrected chi connectivity index (χ2v) is 3.84. The number of ether oxygens (including phenoxy) is 1. The van der Waals surface area contributed by atoms with E-state index in [4.69, 9.17) is 4.74 Å². The summed E-state index contributed by atoms with van der Waals surface area (Å²) in [4.78, 5) is 17.0. The molecule has 0 aromatic carbocycles. The molecule has 90 valence electrons. The van der Waals surface area contributed by atoms with Gasteiger partial charge < -0.3 is 9.30 Å². The molecule has 6 nitrogen and oxygen atoms in total. The summed E-state index contributed by atoms with van der Waals surface area (Å²) in [5, 5.41) is 0. The van der Waals surface area contributed by atoms with Crippen molar-refractivity contribution >= 4 is 11.2 Å². The van der Waals surface area contributed by atoms with Crippen LogP contribution < -0.4 is 4.74 Å². The van der Waals surface area contributed by atoms with Crippen molar-refractivity contribution in [1.29, 1.82) is 0 Å². The molecule has 3 aromatic heterocycles. The van der Waals surface area contributed by atoms with Gasteiger partial charge in [0.2, 0.25) is 5.88 Å². The third-order valence-electron chi connectivity index (χ3n) is 2.69. The summed E-state index contributed by atoms with van der Waals surface area (Å²) >= 11 is 0. The lowest BCUT2D eigenvalue weighted by molar-refractivity contribution is 0.398. The predicted octanol–water partition coefficient (Wildman–Crippen LogP) is 1.43. The number of methoxy groups -OCH3 is 1. The second-order valence-electron chi connectivity index (χ2n) is 3.84. The zero-order chi connectivity index (χ0) is 12.5. The van der Waals surface area contributed by atoms with Crippen LogP contribution in [0.1, 0.15) is 0 Å². The van der Waals surface area contributed by atoms with Crippen molar-refractivity contribution in [3.05, 3.63) is 30.9 Å². The predicted molar refractivity (Wildman–Crippen MR) is 66.1 cm³/mol. The van der Waals surface area contributed by atoms with E-state index in [0.717, 1.165) is 11.1 Å². The summed E-state index contributed by atoms with van der Waals surface area (Å²) < 4.78 is 6.96. The largest absolute Gasteiger partial charge is 0.481 e. The van der Waals surface area contributed by atoms with Crippen LogP contribution >= 0.6 is 0 Å². The number of pyridine rings is 1. The number of rotatable bonds is 2. The zero-order valence-corrected chi connectivity index (χ0v) is 10.0. The van der Waals surface area contributed by atoms with Gasteiger partial charge in [-0.3, -0.25) is 0 Å². The van der Waals surface area contributed by atoms with Crippen molar-refractivity contribution in [2.75, 3.05) is 7.11 Å². The van der Waals surface area contributed by atoms with Crippen LogP contribution in [0, 0.1) is 0 Å². The molecule has 3 rings (SSSR count). The molecule has 3 aromatic rings. The molecular formula is C12H11N5O. The molecule has 0 atom stereocenters. The minimum Gasteiger partial charge on any atom is -0.481 e. The van der Waals surface area contributed by atoms with Gasteiger partial charge >= 0.3 is 0 Å². The van der Waals surface area contributed by atoms with Crippen molar-refractivity contribution < 1.29 is 4.74 Å².